The Balaban J connectivity index is 1.48. The summed E-state index contributed by atoms with van der Waals surface area (Å²) in [4.78, 5) is 14.0. The Morgan fingerprint density at radius 2 is 1.89 bits per heavy atom. The molecule has 10 heteroatoms. The van der Waals surface area contributed by atoms with Crippen molar-refractivity contribution in [3.63, 3.8) is 0 Å². The molecule has 37 heavy (non-hydrogen) atoms. The summed E-state index contributed by atoms with van der Waals surface area (Å²) in [5.74, 6) is -2.11. The fourth-order valence-electron chi connectivity index (χ4n) is 6.51. The first-order valence-electron chi connectivity index (χ1n) is 12.5. The second-order valence-corrected chi connectivity index (χ2v) is 13.5. The molecule has 5 rings (SSSR count). The molecule has 1 saturated heterocycles. The van der Waals surface area contributed by atoms with Crippen molar-refractivity contribution in [2.24, 2.45) is 5.41 Å². The van der Waals surface area contributed by atoms with Gasteiger partial charge in [0.1, 0.15) is 17.4 Å². The third-order valence-corrected chi connectivity index (χ3v) is 11.0. The second-order valence-electron chi connectivity index (χ2n) is 11.4. The molecule has 0 radical (unpaired) electrons. The number of sulfonamides is 1. The Bertz CT molecular complexity index is 1430. The highest BCUT2D eigenvalue weighted by atomic mass is 32.2. The van der Waals surface area contributed by atoms with Gasteiger partial charge in [-0.25, -0.2) is 22.0 Å². The molecule has 3 atom stereocenters. The monoisotopic (exact) mass is 534 g/mol. The average Bonchev–Trinajstić information content (AvgIpc) is 3.23. The molecule has 2 aliphatic carbocycles. The molecule has 200 valence electrons. The van der Waals surface area contributed by atoms with Crippen molar-refractivity contribution < 1.29 is 26.7 Å². The Kier molecular flexibility index (Phi) is 6.16. The summed E-state index contributed by atoms with van der Waals surface area (Å²) in [6.07, 6.45) is 10.7. The number of nitrogens with one attached hydrogen (secondary N) is 1. The van der Waals surface area contributed by atoms with E-state index in [1.807, 2.05) is 31.2 Å². The van der Waals surface area contributed by atoms with Crippen LogP contribution < -0.4 is 5.76 Å². The maximum atomic E-state index is 15.6. The summed E-state index contributed by atoms with van der Waals surface area (Å²) in [5.41, 5.74) is -3.03. The topological polar surface area (TPSA) is 104 Å². The average molecular weight is 535 g/mol. The number of hydrogen-bond donors (Lipinski definition) is 2. The number of H-pyrrole nitrogens is 1. The lowest BCUT2D eigenvalue weighted by atomic mass is 9.55. The summed E-state index contributed by atoms with van der Waals surface area (Å²) in [6.45, 7) is 5.00. The van der Waals surface area contributed by atoms with Crippen LogP contribution in [0.4, 0.5) is 8.78 Å². The van der Waals surface area contributed by atoms with E-state index in [-0.39, 0.29) is 42.3 Å². The predicted molar refractivity (Wildman–Crippen MR) is 134 cm³/mol. The molecule has 1 saturated carbocycles. The van der Waals surface area contributed by atoms with Crippen LogP contribution >= 0.6 is 0 Å². The van der Waals surface area contributed by atoms with E-state index >= 15 is 8.78 Å². The van der Waals surface area contributed by atoms with E-state index in [1.54, 1.807) is 13.8 Å². The number of oxazole rings is 1. The minimum atomic E-state index is -3.81. The van der Waals surface area contributed by atoms with Crippen LogP contribution in [0.5, 0.6) is 0 Å². The fourth-order valence-corrected chi connectivity index (χ4v) is 9.05. The number of nitrogens with zero attached hydrogens (tertiary/aromatic N) is 1. The van der Waals surface area contributed by atoms with Gasteiger partial charge in [0, 0.05) is 35.3 Å². The SMILES string of the molecule is C[C@H]1CC[C@H](C2(C)C=CC=CC2)S(=O)(=O)N1Cc1cc(F)c([C@]2(c3c[nH]c(=O)o3)C[C@](C)(O)C2)cc1F. The normalized spacial score (nSPS) is 35.4. The van der Waals surface area contributed by atoms with Crippen LogP contribution in [-0.2, 0) is 22.0 Å². The lowest BCUT2D eigenvalue weighted by Crippen LogP contribution is -2.54. The molecule has 1 aromatic carbocycles. The molecule has 0 amide bonds. The Hall–Kier alpha value is -2.56. The number of benzene rings is 1. The quantitative estimate of drug-likeness (QED) is 0.596. The molecule has 2 aromatic rings. The highest BCUT2D eigenvalue weighted by molar-refractivity contribution is 7.89. The number of halogens is 2. The zero-order valence-corrected chi connectivity index (χ0v) is 21.9. The molecule has 1 unspecified atom stereocenters. The minimum absolute atomic E-state index is 0.0380. The maximum Gasteiger partial charge on any atom is 0.416 e. The van der Waals surface area contributed by atoms with Gasteiger partial charge in [-0.3, -0.25) is 4.98 Å². The third kappa shape index (κ3) is 4.32. The number of hydrogen-bond acceptors (Lipinski definition) is 5. The lowest BCUT2D eigenvalue weighted by molar-refractivity contribution is -0.0687. The van der Waals surface area contributed by atoms with E-state index in [9.17, 15) is 18.3 Å². The maximum absolute atomic E-state index is 15.6. The van der Waals surface area contributed by atoms with Gasteiger partial charge in [-0.1, -0.05) is 31.2 Å². The Labute approximate surface area is 214 Å². The minimum Gasteiger partial charge on any atom is -0.412 e. The fraction of sp³-hybridized carbons (Fsp3) is 0.519. The second kappa shape index (κ2) is 8.74. The van der Waals surface area contributed by atoms with Crippen LogP contribution in [0.2, 0.25) is 0 Å². The molecule has 0 bridgehead atoms. The summed E-state index contributed by atoms with van der Waals surface area (Å²) in [7, 11) is -3.81. The number of rotatable bonds is 5. The molecular weight excluding hydrogens is 502 g/mol. The van der Waals surface area contributed by atoms with Gasteiger partial charge in [0.2, 0.25) is 10.0 Å². The highest BCUT2D eigenvalue weighted by Gasteiger charge is 2.57. The van der Waals surface area contributed by atoms with Crippen molar-refractivity contribution in [2.45, 2.75) is 81.7 Å². The van der Waals surface area contributed by atoms with Crippen LogP contribution in [0.1, 0.15) is 69.8 Å². The van der Waals surface area contributed by atoms with Gasteiger partial charge in [-0.2, -0.15) is 4.31 Å². The largest absolute Gasteiger partial charge is 0.416 e. The lowest BCUT2D eigenvalue weighted by Gasteiger charge is -2.50. The number of allylic oxidation sites excluding steroid dienone is 4. The zero-order valence-electron chi connectivity index (χ0n) is 21.1. The molecule has 2 N–H and O–H groups in total. The molecule has 2 fully saturated rings. The van der Waals surface area contributed by atoms with Crippen molar-refractivity contribution in [3.8, 4) is 0 Å². The Morgan fingerprint density at radius 1 is 1.16 bits per heavy atom. The van der Waals surface area contributed by atoms with Crippen molar-refractivity contribution in [1.29, 1.82) is 0 Å². The first kappa shape index (κ1) is 26.1. The summed E-state index contributed by atoms with van der Waals surface area (Å²) < 4.78 is 65.1. The van der Waals surface area contributed by atoms with E-state index < -0.39 is 49.1 Å². The molecule has 7 nitrogen and oxygen atoms in total. The first-order valence-corrected chi connectivity index (χ1v) is 14.0. The predicted octanol–water partition coefficient (Wildman–Crippen LogP) is 4.28. The van der Waals surface area contributed by atoms with E-state index in [0.717, 1.165) is 12.1 Å². The molecule has 1 aromatic heterocycles. The first-order chi connectivity index (χ1) is 17.3. The van der Waals surface area contributed by atoms with Gasteiger partial charge < -0.3 is 9.52 Å². The van der Waals surface area contributed by atoms with E-state index in [0.29, 0.717) is 19.3 Å². The molecule has 1 aliphatic heterocycles. The van der Waals surface area contributed by atoms with Gasteiger partial charge in [-0.15, -0.1) is 0 Å². The number of aromatic nitrogens is 1. The smallest absolute Gasteiger partial charge is 0.412 e. The van der Waals surface area contributed by atoms with Crippen molar-refractivity contribution >= 4 is 10.0 Å². The van der Waals surface area contributed by atoms with Gasteiger partial charge in [0.05, 0.1) is 16.3 Å². The number of aromatic amines is 1. The standard InChI is InChI=1S/C27H32F2N2O5S/c1-17-7-8-23(25(2)9-5-4-6-10-25)37(34,35)31(17)14-18-11-21(29)19(12-20(18)28)27(15-26(3,33)16-27)22-13-30-24(32)36-22/h4-6,9,11-13,17,23,33H,7-8,10,14-16H2,1-3H3,(H,30,32)/t17-,23+,25?,26-,27-/m0/s1. The molecular formula is C27H32F2N2O5S. The van der Waals surface area contributed by atoms with Crippen LogP contribution in [0, 0.1) is 17.0 Å². The summed E-state index contributed by atoms with van der Waals surface area (Å²) >= 11 is 0. The van der Waals surface area contributed by atoms with Crippen LogP contribution in [0.3, 0.4) is 0 Å². The van der Waals surface area contributed by atoms with E-state index in [1.165, 1.54) is 10.5 Å². The van der Waals surface area contributed by atoms with Crippen LogP contribution in [-0.4, -0.2) is 39.7 Å². The van der Waals surface area contributed by atoms with Crippen molar-refractivity contribution in [3.05, 3.63) is 81.7 Å². The van der Waals surface area contributed by atoms with Crippen LogP contribution in [0.25, 0.3) is 0 Å². The van der Waals surface area contributed by atoms with Gasteiger partial charge in [0.25, 0.3) is 0 Å². The summed E-state index contributed by atoms with van der Waals surface area (Å²) in [5, 5.41) is 9.76. The van der Waals surface area contributed by atoms with Crippen LogP contribution in [0.15, 0.2) is 51.8 Å². The van der Waals surface area contributed by atoms with E-state index in [2.05, 4.69) is 4.98 Å². The Morgan fingerprint density at radius 3 is 2.49 bits per heavy atom. The summed E-state index contributed by atoms with van der Waals surface area (Å²) in [6, 6.07) is 1.71. The van der Waals surface area contributed by atoms with Crippen molar-refractivity contribution in [1.82, 2.24) is 9.29 Å². The third-order valence-electron chi connectivity index (χ3n) is 8.38. The van der Waals surface area contributed by atoms with Gasteiger partial charge in [0.15, 0.2) is 0 Å². The highest BCUT2D eigenvalue weighted by Crippen LogP contribution is 2.55. The zero-order chi connectivity index (χ0) is 26.8. The van der Waals surface area contributed by atoms with Gasteiger partial charge in [-0.05, 0) is 58.1 Å². The molecule has 3 aliphatic rings. The van der Waals surface area contributed by atoms with Crippen molar-refractivity contribution in [2.75, 3.05) is 0 Å². The molecule has 2 heterocycles. The molecule has 0 spiro atoms. The van der Waals surface area contributed by atoms with E-state index in [4.69, 9.17) is 4.42 Å². The number of aliphatic hydroxyl groups is 1. The van der Waals surface area contributed by atoms with Gasteiger partial charge >= 0.3 is 5.76 Å².